The Kier molecular flexibility index (Phi) is 5.88. The van der Waals surface area contributed by atoms with Crippen LogP contribution in [-0.2, 0) is 15.5 Å². The van der Waals surface area contributed by atoms with Crippen molar-refractivity contribution in [2.75, 3.05) is 5.32 Å². The summed E-state index contributed by atoms with van der Waals surface area (Å²) in [7, 11) is -3.73. The van der Waals surface area contributed by atoms with Crippen LogP contribution in [0, 0.1) is 16.6 Å². The molecule has 2 aromatic rings. The molecular weight excluding hydrogens is 426 g/mol. The lowest BCUT2D eigenvalue weighted by Crippen LogP contribution is -2.34. The molecule has 1 unspecified atom stereocenters. The van der Waals surface area contributed by atoms with Crippen molar-refractivity contribution in [3.8, 4) is 0 Å². The molecule has 2 fully saturated rings. The first-order chi connectivity index (χ1) is 15.0. The highest BCUT2D eigenvalue weighted by Crippen LogP contribution is 2.49. The maximum Gasteiger partial charge on any atom is 0.332 e. The summed E-state index contributed by atoms with van der Waals surface area (Å²) in [6, 6.07) is 6.81. The fraction of sp³-hybridized carbons (Fsp3) is 0.542. The number of anilines is 1. The van der Waals surface area contributed by atoms with Crippen molar-refractivity contribution >= 4 is 21.6 Å². The van der Waals surface area contributed by atoms with E-state index in [2.05, 4.69) is 42.1 Å². The molecule has 2 saturated carbocycles. The molecule has 1 heterocycles. The van der Waals surface area contributed by atoms with Crippen LogP contribution in [0.3, 0.4) is 0 Å². The van der Waals surface area contributed by atoms with Crippen molar-refractivity contribution < 1.29 is 18.5 Å². The van der Waals surface area contributed by atoms with E-state index < -0.39 is 21.5 Å². The molecule has 2 aliphatic rings. The van der Waals surface area contributed by atoms with Crippen LogP contribution >= 0.6 is 0 Å². The van der Waals surface area contributed by atoms with Crippen molar-refractivity contribution in [2.24, 2.45) is 11.8 Å². The molecule has 0 spiro atoms. The van der Waals surface area contributed by atoms with Gasteiger partial charge in [-0.05, 0) is 74.3 Å². The number of urea groups is 1. The first kappa shape index (κ1) is 22.9. The molecular formula is C24H33N3O4S. The summed E-state index contributed by atoms with van der Waals surface area (Å²) in [6.07, 6.45) is 6.02. The zero-order chi connectivity index (χ0) is 23.3. The summed E-state index contributed by atoms with van der Waals surface area (Å²) in [5, 5.41) is 12.8. The molecule has 174 valence electrons. The number of hydrogen-bond donors (Lipinski definition) is 4. The Morgan fingerprint density at radius 2 is 1.69 bits per heavy atom. The molecule has 7 nitrogen and oxygen atoms in total. The third-order valence-corrected chi connectivity index (χ3v) is 8.06. The number of furan rings is 1. The van der Waals surface area contributed by atoms with Crippen molar-refractivity contribution in [3.05, 3.63) is 47.2 Å². The minimum absolute atomic E-state index is 0.198. The van der Waals surface area contributed by atoms with Crippen molar-refractivity contribution in [2.45, 2.75) is 75.9 Å². The standard InChI is InChI=1S/C24H33N3O4S/c1-14(16-8-9-16)19-6-5-7-20(15(2)17-10-11-17)22(19)26-23(28)27-32(25,30)21-12-18(13-31-21)24(3,4)29/h5-7,12-17,29H,8-11H2,1-4H3,(H3,25,26,27,28,30)/t14-,15+,32?. The van der Waals surface area contributed by atoms with Crippen molar-refractivity contribution in [3.63, 3.8) is 0 Å². The van der Waals surface area contributed by atoms with Gasteiger partial charge in [0.15, 0.2) is 9.92 Å². The van der Waals surface area contributed by atoms with E-state index in [1.54, 1.807) is 13.8 Å². The fourth-order valence-corrected chi connectivity index (χ4v) is 5.19. The molecule has 2 aliphatic carbocycles. The Morgan fingerprint density at radius 3 is 2.12 bits per heavy atom. The Labute approximate surface area is 190 Å². The first-order valence-electron chi connectivity index (χ1n) is 11.3. The lowest BCUT2D eigenvalue weighted by atomic mass is 9.87. The third-order valence-electron chi connectivity index (χ3n) is 6.81. The summed E-state index contributed by atoms with van der Waals surface area (Å²) >= 11 is 0. The molecule has 3 atom stereocenters. The third kappa shape index (κ3) is 4.86. The maximum atomic E-state index is 12.9. The van der Waals surface area contributed by atoms with Gasteiger partial charge in [0.25, 0.3) is 0 Å². The summed E-state index contributed by atoms with van der Waals surface area (Å²) in [5.41, 5.74) is 2.14. The monoisotopic (exact) mass is 459 g/mol. The smallest absolute Gasteiger partial charge is 0.332 e. The average molecular weight is 460 g/mol. The Balaban J connectivity index is 1.58. The van der Waals surface area contributed by atoms with Crippen LogP contribution in [0.1, 0.15) is 81.9 Å². The largest absolute Gasteiger partial charge is 0.452 e. The van der Waals surface area contributed by atoms with Crippen molar-refractivity contribution in [1.82, 2.24) is 4.72 Å². The van der Waals surface area contributed by atoms with E-state index in [4.69, 9.17) is 9.20 Å². The number of para-hydroxylation sites is 1. The second kappa shape index (κ2) is 8.23. The summed E-state index contributed by atoms with van der Waals surface area (Å²) < 4.78 is 28.6. The summed E-state index contributed by atoms with van der Waals surface area (Å²) in [6.45, 7) is 7.51. The summed E-state index contributed by atoms with van der Waals surface area (Å²) in [4.78, 5) is 12.9. The second-order valence-corrected chi connectivity index (χ2v) is 11.6. The maximum absolute atomic E-state index is 12.9. The van der Waals surface area contributed by atoms with Gasteiger partial charge in [-0.15, -0.1) is 0 Å². The highest BCUT2D eigenvalue weighted by atomic mass is 32.2. The van der Waals surface area contributed by atoms with Gasteiger partial charge in [-0.2, -0.15) is 0 Å². The number of hydrogen-bond acceptors (Lipinski definition) is 5. The Bertz CT molecular complexity index is 1070. The van der Waals surface area contributed by atoms with Gasteiger partial charge in [0.05, 0.1) is 11.9 Å². The van der Waals surface area contributed by atoms with E-state index in [9.17, 15) is 14.1 Å². The van der Waals surface area contributed by atoms with Gasteiger partial charge in [0.1, 0.15) is 0 Å². The van der Waals surface area contributed by atoms with E-state index in [0.29, 0.717) is 29.2 Å². The van der Waals surface area contributed by atoms with Gasteiger partial charge >= 0.3 is 6.03 Å². The zero-order valence-corrected chi connectivity index (χ0v) is 19.9. The van der Waals surface area contributed by atoms with E-state index >= 15 is 0 Å². The number of aliphatic hydroxyl groups is 1. The predicted octanol–water partition coefficient (Wildman–Crippen LogP) is 5.68. The number of nitrogens with one attached hydrogen (secondary N) is 3. The number of rotatable bonds is 8. The van der Waals surface area contributed by atoms with Crippen LogP contribution in [0.4, 0.5) is 10.5 Å². The molecule has 1 aromatic carbocycles. The van der Waals surface area contributed by atoms with E-state index in [-0.39, 0.29) is 5.09 Å². The first-order valence-corrected chi connectivity index (χ1v) is 12.8. The van der Waals surface area contributed by atoms with Crippen LogP contribution in [-0.4, -0.2) is 15.3 Å². The molecule has 0 aliphatic heterocycles. The number of carbonyl (C=O) groups is 1. The van der Waals surface area contributed by atoms with Crippen molar-refractivity contribution in [1.29, 1.82) is 4.78 Å². The number of carbonyl (C=O) groups excluding carboxylic acids is 1. The zero-order valence-electron chi connectivity index (χ0n) is 19.1. The molecule has 0 saturated heterocycles. The predicted molar refractivity (Wildman–Crippen MR) is 124 cm³/mol. The van der Waals surface area contributed by atoms with Crippen LogP contribution in [0.5, 0.6) is 0 Å². The quantitative estimate of drug-likeness (QED) is 0.407. The molecule has 1 aromatic heterocycles. The number of benzene rings is 1. The summed E-state index contributed by atoms with van der Waals surface area (Å²) in [5.74, 6) is 1.87. The lowest BCUT2D eigenvalue weighted by molar-refractivity contribution is 0.0779. The molecule has 4 rings (SSSR count). The Morgan fingerprint density at radius 1 is 1.16 bits per heavy atom. The normalized spacial score (nSPS) is 20.3. The van der Waals surface area contributed by atoms with Gasteiger partial charge in [0, 0.05) is 17.3 Å². The van der Waals surface area contributed by atoms with E-state index in [1.165, 1.54) is 38.0 Å². The minimum Gasteiger partial charge on any atom is -0.452 e. The Hall–Kier alpha value is -2.32. The van der Waals surface area contributed by atoms with Crippen LogP contribution < -0.4 is 10.0 Å². The average Bonchev–Trinajstić information content (AvgIpc) is 3.63. The highest BCUT2D eigenvalue weighted by Gasteiger charge is 2.35. The fourth-order valence-electron chi connectivity index (χ4n) is 4.30. The van der Waals surface area contributed by atoms with Gasteiger partial charge in [-0.25, -0.2) is 18.5 Å². The number of amides is 2. The van der Waals surface area contributed by atoms with Crippen LogP contribution in [0.2, 0.25) is 0 Å². The molecule has 2 amide bonds. The minimum atomic E-state index is -3.73. The van der Waals surface area contributed by atoms with Gasteiger partial charge in [-0.1, -0.05) is 32.0 Å². The molecule has 8 heteroatoms. The molecule has 0 bridgehead atoms. The highest BCUT2D eigenvalue weighted by molar-refractivity contribution is 7.91. The van der Waals surface area contributed by atoms with Crippen LogP contribution in [0.25, 0.3) is 0 Å². The van der Waals surface area contributed by atoms with Gasteiger partial charge in [-0.3, -0.25) is 0 Å². The second-order valence-electron chi connectivity index (χ2n) is 9.89. The molecule has 32 heavy (non-hydrogen) atoms. The van der Waals surface area contributed by atoms with Gasteiger partial charge in [0.2, 0.25) is 5.09 Å². The van der Waals surface area contributed by atoms with E-state index in [0.717, 1.165) is 16.8 Å². The molecule has 4 N–H and O–H groups in total. The SMILES string of the molecule is C[C@H](c1cccc([C@H](C)C2CC2)c1NC(=O)NS(=N)(=O)c1cc(C(C)(C)O)co1)C1CC1. The lowest BCUT2D eigenvalue weighted by Gasteiger charge is -2.23. The van der Waals surface area contributed by atoms with E-state index in [1.807, 2.05) is 0 Å². The van der Waals surface area contributed by atoms with Gasteiger partial charge < -0.3 is 14.8 Å². The molecule has 0 radical (unpaired) electrons. The topological polar surface area (TPSA) is 115 Å². The van der Waals surface area contributed by atoms with Crippen LogP contribution in [0.15, 0.2) is 40.0 Å².